The highest BCUT2D eigenvalue weighted by Crippen LogP contribution is 2.26. The number of hydrogen-bond donors (Lipinski definition) is 0. The molecular formula is C9H14ClNO4S. The predicted octanol–water partition coefficient (Wildman–Crippen LogP) is 0.335. The van der Waals surface area contributed by atoms with Crippen LogP contribution in [0.3, 0.4) is 0 Å². The van der Waals surface area contributed by atoms with Gasteiger partial charge in [-0.2, -0.15) is 0 Å². The molecular weight excluding hydrogens is 254 g/mol. The molecule has 0 aliphatic carbocycles. The number of ether oxygens (including phenoxy) is 1. The molecule has 0 aromatic carbocycles. The van der Waals surface area contributed by atoms with Crippen LogP contribution in [-0.4, -0.2) is 50.3 Å². The zero-order valence-corrected chi connectivity index (χ0v) is 10.3. The zero-order chi connectivity index (χ0) is 11.8. The molecule has 92 valence electrons. The van der Waals surface area contributed by atoms with Crippen LogP contribution in [0.1, 0.15) is 19.3 Å². The van der Waals surface area contributed by atoms with Crippen molar-refractivity contribution in [2.75, 3.05) is 19.8 Å². The van der Waals surface area contributed by atoms with Gasteiger partial charge in [-0.25, -0.2) is 8.42 Å². The van der Waals surface area contributed by atoms with Gasteiger partial charge in [0.1, 0.15) is 5.25 Å². The van der Waals surface area contributed by atoms with E-state index < -0.39 is 14.3 Å². The van der Waals surface area contributed by atoms with Crippen LogP contribution in [0.25, 0.3) is 0 Å². The molecule has 1 amide bonds. The van der Waals surface area contributed by atoms with E-state index in [0.29, 0.717) is 13.2 Å². The summed E-state index contributed by atoms with van der Waals surface area (Å²) in [4.78, 5) is 13.3. The smallest absolute Gasteiger partial charge is 0.237 e. The van der Waals surface area contributed by atoms with Crippen molar-refractivity contribution in [2.24, 2.45) is 0 Å². The Hall–Kier alpha value is -0.330. The Morgan fingerprint density at radius 3 is 2.44 bits per heavy atom. The molecule has 0 aromatic heterocycles. The van der Waals surface area contributed by atoms with Gasteiger partial charge in [0, 0.05) is 42.9 Å². The molecule has 1 atom stereocenters. The SMILES string of the molecule is O=C1CC(S(=O)(=O)Cl)CN1C1CCOCC1. The summed E-state index contributed by atoms with van der Waals surface area (Å²) < 4.78 is 27.5. The van der Waals surface area contributed by atoms with Gasteiger partial charge >= 0.3 is 0 Å². The number of rotatable bonds is 2. The summed E-state index contributed by atoms with van der Waals surface area (Å²) in [5, 5.41) is -0.746. The van der Waals surface area contributed by atoms with Gasteiger partial charge in [-0.15, -0.1) is 0 Å². The first kappa shape index (κ1) is 12.1. The number of nitrogens with zero attached hydrogens (tertiary/aromatic N) is 1. The number of carbonyl (C=O) groups is 1. The van der Waals surface area contributed by atoms with Crippen LogP contribution >= 0.6 is 10.7 Å². The third kappa shape index (κ3) is 2.49. The number of halogens is 1. The monoisotopic (exact) mass is 267 g/mol. The number of amides is 1. The quantitative estimate of drug-likeness (QED) is 0.677. The molecule has 16 heavy (non-hydrogen) atoms. The third-order valence-corrected chi connectivity index (χ3v) is 5.02. The lowest BCUT2D eigenvalue weighted by Crippen LogP contribution is -2.41. The Labute approximate surface area is 99.1 Å². The van der Waals surface area contributed by atoms with Crippen LogP contribution in [0.2, 0.25) is 0 Å². The third-order valence-electron chi connectivity index (χ3n) is 3.15. The minimum Gasteiger partial charge on any atom is -0.381 e. The molecule has 2 saturated heterocycles. The summed E-state index contributed by atoms with van der Waals surface area (Å²) in [7, 11) is 1.65. The molecule has 1 unspecified atom stereocenters. The van der Waals surface area contributed by atoms with E-state index in [2.05, 4.69) is 0 Å². The largest absolute Gasteiger partial charge is 0.381 e. The van der Waals surface area contributed by atoms with Crippen LogP contribution in [0.4, 0.5) is 0 Å². The minimum absolute atomic E-state index is 0.0171. The standard InChI is InChI=1S/C9H14ClNO4S/c10-16(13,14)8-5-9(12)11(6-8)7-1-3-15-4-2-7/h7-8H,1-6H2. The highest BCUT2D eigenvalue weighted by Gasteiger charge is 2.40. The molecule has 7 heteroatoms. The summed E-state index contributed by atoms with van der Waals surface area (Å²) in [6, 6.07) is 0.115. The van der Waals surface area contributed by atoms with Crippen LogP contribution < -0.4 is 0 Å². The lowest BCUT2D eigenvalue weighted by atomic mass is 10.1. The Morgan fingerprint density at radius 1 is 1.31 bits per heavy atom. The average Bonchev–Trinajstić information content (AvgIpc) is 2.61. The fourth-order valence-electron chi connectivity index (χ4n) is 2.24. The molecule has 2 aliphatic heterocycles. The number of carbonyl (C=O) groups excluding carboxylic acids is 1. The first-order valence-electron chi connectivity index (χ1n) is 5.29. The highest BCUT2D eigenvalue weighted by molar-refractivity contribution is 8.14. The maximum absolute atomic E-state index is 11.7. The summed E-state index contributed by atoms with van der Waals surface area (Å²) in [5.41, 5.74) is 0. The van der Waals surface area contributed by atoms with Gasteiger partial charge in [0.25, 0.3) is 0 Å². The molecule has 0 N–H and O–H groups in total. The van der Waals surface area contributed by atoms with E-state index in [1.54, 1.807) is 4.90 Å². The van der Waals surface area contributed by atoms with Crippen molar-refractivity contribution in [3.63, 3.8) is 0 Å². The van der Waals surface area contributed by atoms with Crippen LogP contribution in [0.5, 0.6) is 0 Å². The van der Waals surface area contributed by atoms with Gasteiger partial charge in [-0.1, -0.05) is 0 Å². The molecule has 2 heterocycles. The molecule has 0 bridgehead atoms. The van der Waals surface area contributed by atoms with Crippen molar-refractivity contribution in [2.45, 2.75) is 30.6 Å². The van der Waals surface area contributed by atoms with Crippen molar-refractivity contribution in [3.8, 4) is 0 Å². The van der Waals surface area contributed by atoms with Gasteiger partial charge < -0.3 is 9.64 Å². The summed E-state index contributed by atoms with van der Waals surface area (Å²) in [6.45, 7) is 1.49. The maximum atomic E-state index is 11.7. The van der Waals surface area contributed by atoms with E-state index >= 15 is 0 Å². The second kappa shape index (κ2) is 4.50. The molecule has 0 aromatic rings. The van der Waals surface area contributed by atoms with Crippen LogP contribution in [-0.2, 0) is 18.6 Å². The predicted molar refractivity (Wildman–Crippen MR) is 58.7 cm³/mol. The van der Waals surface area contributed by atoms with Gasteiger partial charge in [0.15, 0.2) is 0 Å². The number of likely N-dealkylation sites (tertiary alicyclic amines) is 1. The Morgan fingerprint density at radius 2 is 1.94 bits per heavy atom. The van der Waals surface area contributed by atoms with E-state index in [1.807, 2.05) is 0 Å². The second-order valence-corrected chi connectivity index (χ2v) is 7.10. The lowest BCUT2D eigenvalue weighted by molar-refractivity contribution is -0.131. The zero-order valence-electron chi connectivity index (χ0n) is 8.76. The fraction of sp³-hybridized carbons (Fsp3) is 0.889. The van der Waals surface area contributed by atoms with Gasteiger partial charge in [-0.3, -0.25) is 4.79 Å². The Balaban J connectivity index is 2.04. The molecule has 0 radical (unpaired) electrons. The summed E-state index contributed by atoms with van der Waals surface area (Å²) >= 11 is 0. The normalized spacial score (nSPS) is 28.7. The minimum atomic E-state index is -3.63. The average molecular weight is 268 g/mol. The van der Waals surface area contributed by atoms with Crippen molar-refractivity contribution >= 4 is 25.6 Å². The van der Waals surface area contributed by atoms with Gasteiger partial charge in [-0.05, 0) is 12.8 Å². The van der Waals surface area contributed by atoms with E-state index in [-0.39, 0.29) is 24.9 Å². The van der Waals surface area contributed by atoms with Crippen molar-refractivity contribution < 1.29 is 17.9 Å². The van der Waals surface area contributed by atoms with Crippen molar-refractivity contribution in [1.29, 1.82) is 0 Å². The van der Waals surface area contributed by atoms with E-state index in [9.17, 15) is 13.2 Å². The highest BCUT2D eigenvalue weighted by atomic mass is 35.7. The fourth-order valence-corrected chi connectivity index (χ4v) is 3.27. The summed E-state index contributed by atoms with van der Waals surface area (Å²) in [6.07, 6.45) is 1.57. The Kier molecular flexibility index (Phi) is 3.42. The molecule has 2 rings (SSSR count). The van der Waals surface area contributed by atoms with E-state index in [4.69, 9.17) is 15.4 Å². The molecule has 5 nitrogen and oxygen atoms in total. The van der Waals surface area contributed by atoms with Gasteiger partial charge in [0.05, 0.1) is 0 Å². The van der Waals surface area contributed by atoms with E-state index in [1.165, 1.54) is 0 Å². The first-order chi connectivity index (χ1) is 7.48. The van der Waals surface area contributed by atoms with Crippen molar-refractivity contribution in [1.82, 2.24) is 4.90 Å². The van der Waals surface area contributed by atoms with E-state index in [0.717, 1.165) is 12.8 Å². The van der Waals surface area contributed by atoms with Gasteiger partial charge in [0.2, 0.25) is 15.0 Å². The molecule has 0 spiro atoms. The van der Waals surface area contributed by atoms with Crippen LogP contribution in [0.15, 0.2) is 0 Å². The molecule has 0 saturated carbocycles. The Bertz CT molecular complexity index is 377. The van der Waals surface area contributed by atoms with Crippen molar-refractivity contribution in [3.05, 3.63) is 0 Å². The first-order valence-corrected chi connectivity index (χ1v) is 7.66. The maximum Gasteiger partial charge on any atom is 0.237 e. The second-order valence-electron chi connectivity index (χ2n) is 4.19. The number of hydrogen-bond acceptors (Lipinski definition) is 4. The topological polar surface area (TPSA) is 63.7 Å². The van der Waals surface area contributed by atoms with Crippen LogP contribution in [0, 0.1) is 0 Å². The molecule has 2 aliphatic rings. The molecule has 2 fully saturated rings. The lowest BCUT2D eigenvalue weighted by Gasteiger charge is -2.31. The summed E-state index contributed by atoms with van der Waals surface area (Å²) in [5.74, 6) is -0.110.